The van der Waals surface area contributed by atoms with E-state index in [4.69, 9.17) is 11.6 Å². The van der Waals surface area contributed by atoms with Gasteiger partial charge in [0.1, 0.15) is 5.02 Å². The Morgan fingerprint density at radius 1 is 1.47 bits per heavy atom. The molecule has 0 atom stereocenters. The standard InChI is InChI=1S/C12H16ClN5O/c1-8(2)18-12(19)11(13)10(7-15-18)14-6-9-4-5-17(3)16-9/h4-5,7-8,14H,6H2,1-3H3. The van der Waals surface area contributed by atoms with Gasteiger partial charge >= 0.3 is 0 Å². The van der Waals surface area contributed by atoms with Crippen LogP contribution in [0.2, 0.25) is 5.02 Å². The lowest BCUT2D eigenvalue weighted by molar-refractivity contribution is 0.503. The molecule has 0 aliphatic rings. The predicted octanol–water partition coefficient (Wildman–Crippen LogP) is 1.82. The number of anilines is 1. The number of nitrogens with zero attached hydrogens (tertiary/aromatic N) is 4. The molecule has 0 spiro atoms. The van der Waals surface area contributed by atoms with Crippen LogP contribution in [0.4, 0.5) is 5.69 Å². The molecule has 1 N–H and O–H groups in total. The van der Waals surface area contributed by atoms with Crippen molar-refractivity contribution in [3.8, 4) is 0 Å². The van der Waals surface area contributed by atoms with Crippen molar-refractivity contribution in [1.29, 1.82) is 0 Å². The maximum absolute atomic E-state index is 12.0. The average Bonchev–Trinajstić information content (AvgIpc) is 2.76. The van der Waals surface area contributed by atoms with Gasteiger partial charge in [-0.3, -0.25) is 9.48 Å². The maximum Gasteiger partial charge on any atom is 0.287 e. The van der Waals surface area contributed by atoms with Gasteiger partial charge in [-0.25, -0.2) is 4.68 Å². The smallest absolute Gasteiger partial charge is 0.287 e. The molecule has 0 saturated heterocycles. The molecule has 7 heteroatoms. The van der Waals surface area contributed by atoms with Crippen LogP contribution in [0.5, 0.6) is 0 Å². The Morgan fingerprint density at radius 3 is 2.79 bits per heavy atom. The van der Waals surface area contributed by atoms with Crippen molar-refractivity contribution in [2.75, 3.05) is 5.32 Å². The van der Waals surface area contributed by atoms with E-state index in [1.54, 1.807) is 10.9 Å². The summed E-state index contributed by atoms with van der Waals surface area (Å²) in [5.74, 6) is 0. The zero-order valence-electron chi connectivity index (χ0n) is 11.1. The number of rotatable bonds is 4. The Kier molecular flexibility index (Phi) is 3.90. The number of aromatic nitrogens is 4. The topological polar surface area (TPSA) is 64.7 Å². The van der Waals surface area contributed by atoms with E-state index in [-0.39, 0.29) is 16.6 Å². The second-order valence-electron chi connectivity index (χ2n) is 4.55. The van der Waals surface area contributed by atoms with Gasteiger partial charge in [0.2, 0.25) is 0 Å². The van der Waals surface area contributed by atoms with Crippen LogP contribution in [-0.4, -0.2) is 19.6 Å². The second-order valence-corrected chi connectivity index (χ2v) is 4.93. The summed E-state index contributed by atoms with van der Waals surface area (Å²) in [5, 5.41) is 11.5. The summed E-state index contributed by atoms with van der Waals surface area (Å²) in [4.78, 5) is 12.0. The molecule has 6 nitrogen and oxygen atoms in total. The predicted molar refractivity (Wildman–Crippen MR) is 74.4 cm³/mol. The lowest BCUT2D eigenvalue weighted by atomic mass is 10.3. The highest BCUT2D eigenvalue weighted by Crippen LogP contribution is 2.17. The van der Waals surface area contributed by atoms with E-state index in [9.17, 15) is 4.79 Å². The Labute approximate surface area is 116 Å². The SMILES string of the molecule is CC(C)n1ncc(NCc2ccn(C)n2)c(Cl)c1=O. The van der Waals surface area contributed by atoms with E-state index < -0.39 is 0 Å². The lowest BCUT2D eigenvalue weighted by Gasteiger charge is -2.11. The third-order valence-corrected chi connectivity index (χ3v) is 3.03. The van der Waals surface area contributed by atoms with Crippen LogP contribution in [0.3, 0.4) is 0 Å². The molecule has 2 aromatic rings. The molecule has 2 heterocycles. The number of hydrogen-bond acceptors (Lipinski definition) is 4. The molecule has 102 valence electrons. The van der Waals surface area contributed by atoms with Crippen molar-refractivity contribution in [3.05, 3.63) is 39.5 Å². The van der Waals surface area contributed by atoms with Crippen LogP contribution in [0, 0.1) is 0 Å². The van der Waals surface area contributed by atoms with Gasteiger partial charge in [-0.1, -0.05) is 11.6 Å². The van der Waals surface area contributed by atoms with Gasteiger partial charge in [0, 0.05) is 13.2 Å². The minimum Gasteiger partial charge on any atom is -0.377 e. The van der Waals surface area contributed by atoms with Crippen LogP contribution in [-0.2, 0) is 13.6 Å². The van der Waals surface area contributed by atoms with Gasteiger partial charge in [0.05, 0.1) is 30.2 Å². The average molecular weight is 282 g/mol. The van der Waals surface area contributed by atoms with Crippen LogP contribution < -0.4 is 10.9 Å². The van der Waals surface area contributed by atoms with Crippen molar-refractivity contribution in [3.63, 3.8) is 0 Å². The molecule has 0 unspecified atom stereocenters. The maximum atomic E-state index is 12.0. The minimum absolute atomic E-state index is 0.0187. The van der Waals surface area contributed by atoms with E-state index in [1.807, 2.05) is 33.2 Å². The highest BCUT2D eigenvalue weighted by Gasteiger charge is 2.11. The number of halogens is 1. The summed E-state index contributed by atoms with van der Waals surface area (Å²) in [6, 6.07) is 1.87. The third-order valence-electron chi connectivity index (χ3n) is 2.66. The normalized spacial score (nSPS) is 11.0. The summed E-state index contributed by atoms with van der Waals surface area (Å²) in [5.41, 5.74) is 1.10. The molecule has 0 aromatic carbocycles. The molecule has 2 aromatic heterocycles. The quantitative estimate of drug-likeness (QED) is 0.928. The van der Waals surface area contributed by atoms with Gasteiger partial charge in [0.25, 0.3) is 5.56 Å². The highest BCUT2D eigenvalue weighted by molar-refractivity contribution is 6.32. The fraction of sp³-hybridized carbons (Fsp3) is 0.417. The van der Waals surface area contributed by atoms with Crippen molar-refractivity contribution >= 4 is 17.3 Å². The first-order valence-corrected chi connectivity index (χ1v) is 6.36. The number of nitrogens with one attached hydrogen (secondary N) is 1. The Morgan fingerprint density at radius 2 is 2.21 bits per heavy atom. The summed E-state index contributed by atoms with van der Waals surface area (Å²) in [6.07, 6.45) is 3.42. The van der Waals surface area contributed by atoms with Gasteiger partial charge in [0.15, 0.2) is 0 Å². The molecule has 0 saturated carbocycles. The third kappa shape index (κ3) is 2.96. The van der Waals surface area contributed by atoms with Crippen molar-refractivity contribution in [2.24, 2.45) is 7.05 Å². The molecular weight excluding hydrogens is 266 g/mol. The molecule has 0 aliphatic heterocycles. The molecule has 0 fully saturated rings. The first kappa shape index (κ1) is 13.6. The fourth-order valence-corrected chi connectivity index (χ4v) is 1.88. The lowest BCUT2D eigenvalue weighted by Crippen LogP contribution is -2.25. The van der Waals surface area contributed by atoms with Crippen LogP contribution in [0.1, 0.15) is 25.6 Å². The first-order valence-electron chi connectivity index (χ1n) is 5.98. The zero-order chi connectivity index (χ0) is 14.0. The number of aryl methyl sites for hydroxylation is 1. The van der Waals surface area contributed by atoms with Crippen LogP contribution >= 0.6 is 11.6 Å². The summed E-state index contributed by atoms with van der Waals surface area (Å²) >= 11 is 6.05. The van der Waals surface area contributed by atoms with Gasteiger partial charge < -0.3 is 5.32 Å². The second kappa shape index (κ2) is 5.44. The van der Waals surface area contributed by atoms with Crippen molar-refractivity contribution in [1.82, 2.24) is 19.6 Å². The van der Waals surface area contributed by atoms with Gasteiger partial charge in [-0.15, -0.1) is 0 Å². The van der Waals surface area contributed by atoms with Crippen molar-refractivity contribution < 1.29 is 0 Å². The summed E-state index contributed by atoms with van der Waals surface area (Å²) in [7, 11) is 1.85. The number of hydrogen-bond donors (Lipinski definition) is 1. The molecule has 19 heavy (non-hydrogen) atoms. The summed E-state index contributed by atoms with van der Waals surface area (Å²) < 4.78 is 3.07. The van der Waals surface area contributed by atoms with Gasteiger partial charge in [-0.2, -0.15) is 10.2 Å². The largest absolute Gasteiger partial charge is 0.377 e. The molecular formula is C12H16ClN5O. The first-order chi connectivity index (χ1) is 8.99. The molecule has 2 rings (SSSR count). The van der Waals surface area contributed by atoms with Crippen LogP contribution in [0.25, 0.3) is 0 Å². The Balaban J connectivity index is 2.18. The van der Waals surface area contributed by atoms with E-state index in [1.165, 1.54) is 4.68 Å². The molecule has 0 amide bonds. The van der Waals surface area contributed by atoms with Crippen molar-refractivity contribution in [2.45, 2.75) is 26.4 Å². The van der Waals surface area contributed by atoms with E-state index in [2.05, 4.69) is 15.5 Å². The fourth-order valence-electron chi connectivity index (χ4n) is 1.68. The highest BCUT2D eigenvalue weighted by atomic mass is 35.5. The Bertz CT molecular complexity index is 631. The molecule has 0 aliphatic carbocycles. The Hall–Kier alpha value is -1.82. The van der Waals surface area contributed by atoms with Crippen LogP contribution in [0.15, 0.2) is 23.3 Å². The summed E-state index contributed by atoms with van der Waals surface area (Å²) in [6.45, 7) is 4.25. The monoisotopic (exact) mass is 281 g/mol. The molecule has 0 radical (unpaired) electrons. The zero-order valence-corrected chi connectivity index (χ0v) is 11.8. The molecule has 0 bridgehead atoms. The minimum atomic E-state index is -0.289. The van der Waals surface area contributed by atoms with E-state index in [0.717, 1.165) is 5.69 Å². The van der Waals surface area contributed by atoms with E-state index >= 15 is 0 Å². The van der Waals surface area contributed by atoms with Gasteiger partial charge in [-0.05, 0) is 19.9 Å². The van der Waals surface area contributed by atoms with E-state index in [0.29, 0.717) is 12.2 Å².